The maximum Gasteiger partial charge on any atom is 0.348 e. The lowest BCUT2D eigenvalue weighted by atomic mass is 9.91. The number of carbonyl (C=O) groups excluding carboxylic acids is 1. The van der Waals surface area contributed by atoms with E-state index >= 15 is 0 Å². The minimum atomic E-state index is -1.25. The Hall–Kier alpha value is -2.61. The first-order valence-electron chi connectivity index (χ1n) is 7.48. The van der Waals surface area contributed by atoms with Gasteiger partial charge in [0.2, 0.25) is 5.60 Å². The van der Waals surface area contributed by atoms with Gasteiger partial charge >= 0.3 is 5.97 Å². The number of benzene rings is 1. The van der Waals surface area contributed by atoms with Gasteiger partial charge in [-0.1, -0.05) is 18.2 Å². The molecule has 126 valence electrons. The van der Waals surface area contributed by atoms with Crippen LogP contribution in [0, 0.1) is 0 Å². The monoisotopic (exact) mass is 347 g/mol. The normalized spacial score (nSPS) is 16.6. The van der Waals surface area contributed by atoms with Crippen molar-refractivity contribution in [2.75, 3.05) is 18.0 Å². The molecule has 1 aromatic heterocycles. The molecule has 8 heteroatoms. The topological polar surface area (TPSA) is 106 Å². The number of primary amides is 1. The SMILES string of the molecule is NC(=O)c1csc(N2CCC(Oc3ccccc3)(C(=O)O)CC2)n1. The van der Waals surface area contributed by atoms with E-state index in [0.717, 1.165) is 0 Å². The maximum atomic E-state index is 11.8. The number of nitrogens with zero attached hydrogens (tertiary/aromatic N) is 2. The zero-order valence-corrected chi connectivity index (χ0v) is 13.7. The Kier molecular flexibility index (Phi) is 4.39. The van der Waals surface area contributed by atoms with Gasteiger partial charge in [0.1, 0.15) is 11.4 Å². The van der Waals surface area contributed by atoms with Gasteiger partial charge in [-0.05, 0) is 12.1 Å². The number of amides is 1. The number of rotatable bonds is 5. The first-order chi connectivity index (χ1) is 11.5. The molecule has 3 N–H and O–H groups in total. The van der Waals surface area contributed by atoms with Gasteiger partial charge in [0.25, 0.3) is 5.91 Å². The molecule has 1 aliphatic rings. The largest absolute Gasteiger partial charge is 0.478 e. The van der Waals surface area contributed by atoms with Crippen LogP contribution in [-0.2, 0) is 4.79 Å². The van der Waals surface area contributed by atoms with Crippen molar-refractivity contribution in [1.29, 1.82) is 0 Å². The molecule has 2 aromatic rings. The fraction of sp³-hybridized carbons (Fsp3) is 0.312. The lowest BCUT2D eigenvalue weighted by Gasteiger charge is -2.38. The van der Waals surface area contributed by atoms with Crippen molar-refractivity contribution in [3.8, 4) is 5.75 Å². The van der Waals surface area contributed by atoms with Crippen LogP contribution in [0.1, 0.15) is 23.3 Å². The van der Waals surface area contributed by atoms with Crippen molar-refractivity contribution < 1.29 is 19.4 Å². The second-order valence-corrected chi connectivity index (χ2v) is 6.42. The van der Waals surface area contributed by atoms with E-state index in [1.807, 2.05) is 11.0 Å². The third-order valence-corrected chi connectivity index (χ3v) is 4.93. The number of hydrogen-bond donors (Lipinski definition) is 2. The number of para-hydroxylation sites is 1. The molecule has 0 aliphatic carbocycles. The number of aliphatic carboxylic acids is 1. The summed E-state index contributed by atoms with van der Waals surface area (Å²) in [5, 5.41) is 11.9. The number of thiazole rings is 1. The average Bonchev–Trinajstić information content (AvgIpc) is 3.06. The predicted octanol–water partition coefficient (Wildman–Crippen LogP) is 1.74. The van der Waals surface area contributed by atoms with Crippen molar-refractivity contribution in [2.45, 2.75) is 18.4 Å². The van der Waals surface area contributed by atoms with Gasteiger partial charge in [-0.2, -0.15) is 0 Å². The smallest absolute Gasteiger partial charge is 0.348 e. The van der Waals surface area contributed by atoms with Crippen molar-refractivity contribution in [2.24, 2.45) is 5.73 Å². The highest BCUT2D eigenvalue weighted by Gasteiger charge is 2.44. The van der Waals surface area contributed by atoms with Gasteiger partial charge in [-0.15, -0.1) is 11.3 Å². The fourth-order valence-corrected chi connectivity index (χ4v) is 3.52. The van der Waals surface area contributed by atoms with E-state index in [-0.39, 0.29) is 5.69 Å². The third-order valence-electron chi connectivity index (χ3n) is 4.03. The average molecular weight is 347 g/mol. The first kappa shape index (κ1) is 16.3. The van der Waals surface area contributed by atoms with Crippen LogP contribution in [-0.4, -0.2) is 40.7 Å². The molecule has 1 saturated heterocycles. The molecule has 0 unspecified atom stereocenters. The van der Waals surface area contributed by atoms with E-state index in [1.54, 1.807) is 29.6 Å². The quantitative estimate of drug-likeness (QED) is 0.853. The Labute approximate surface area is 142 Å². The Morgan fingerprint density at radius 3 is 2.46 bits per heavy atom. The molecule has 0 saturated carbocycles. The highest BCUT2D eigenvalue weighted by molar-refractivity contribution is 7.13. The summed E-state index contributed by atoms with van der Waals surface area (Å²) in [7, 11) is 0. The number of nitrogens with two attached hydrogens (primary N) is 1. The van der Waals surface area contributed by atoms with Crippen molar-refractivity contribution in [3.63, 3.8) is 0 Å². The van der Waals surface area contributed by atoms with Gasteiger partial charge < -0.3 is 20.5 Å². The van der Waals surface area contributed by atoms with Crippen molar-refractivity contribution in [1.82, 2.24) is 4.98 Å². The van der Waals surface area contributed by atoms with E-state index in [4.69, 9.17) is 10.5 Å². The second kappa shape index (κ2) is 6.48. The molecule has 1 aromatic carbocycles. The Balaban J connectivity index is 1.72. The maximum absolute atomic E-state index is 11.8. The summed E-state index contributed by atoms with van der Waals surface area (Å²) in [6.45, 7) is 0.954. The summed E-state index contributed by atoms with van der Waals surface area (Å²) >= 11 is 1.32. The van der Waals surface area contributed by atoms with Crippen molar-refractivity contribution >= 4 is 28.3 Å². The van der Waals surface area contributed by atoms with Crippen LogP contribution in [0.15, 0.2) is 35.7 Å². The van der Waals surface area contributed by atoms with E-state index in [0.29, 0.717) is 36.8 Å². The number of aromatic nitrogens is 1. The summed E-state index contributed by atoms with van der Waals surface area (Å²) in [6, 6.07) is 8.96. The summed E-state index contributed by atoms with van der Waals surface area (Å²) in [5.74, 6) is -0.997. The zero-order chi connectivity index (χ0) is 17.2. The highest BCUT2D eigenvalue weighted by Crippen LogP contribution is 2.32. The third kappa shape index (κ3) is 3.18. The lowest BCUT2D eigenvalue weighted by molar-refractivity contribution is -0.157. The lowest BCUT2D eigenvalue weighted by Crippen LogP contribution is -2.53. The standard InChI is InChI=1S/C16H17N3O4S/c17-13(20)12-10-24-15(18-12)19-8-6-16(7-9-19,14(21)22)23-11-4-2-1-3-5-11/h1-5,10H,6-9H2,(H2,17,20)(H,21,22). The Morgan fingerprint density at radius 1 is 1.25 bits per heavy atom. The van der Waals surface area contributed by atoms with Crippen LogP contribution in [0.2, 0.25) is 0 Å². The molecular formula is C16H17N3O4S. The van der Waals surface area contributed by atoms with E-state index < -0.39 is 17.5 Å². The second-order valence-electron chi connectivity index (χ2n) is 5.58. The van der Waals surface area contributed by atoms with Crippen molar-refractivity contribution in [3.05, 3.63) is 41.4 Å². The van der Waals surface area contributed by atoms with E-state index in [2.05, 4.69) is 4.98 Å². The van der Waals surface area contributed by atoms with Gasteiger partial charge in [0.05, 0.1) is 0 Å². The molecule has 24 heavy (non-hydrogen) atoms. The molecule has 1 aliphatic heterocycles. The molecule has 1 fully saturated rings. The van der Waals surface area contributed by atoms with E-state index in [1.165, 1.54) is 11.3 Å². The van der Waals surface area contributed by atoms with Crippen LogP contribution in [0.3, 0.4) is 0 Å². The summed E-state index contributed by atoms with van der Waals surface area (Å²) in [6.07, 6.45) is 0.644. The van der Waals surface area contributed by atoms with Crippen LogP contribution in [0.4, 0.5) is 5.13 Å². The Bertz CT molecular complexity index is 739. The predicted molar refractivity (Wildman–Crippen MR) is 89.5 cm³/mol. The number of ether oxygens (including phenoxy) is 1. The molecule has 0 radical (unpaired) electrons. The molecule has 0 atom stereocenters. The first-order valence-corrected chi connectivity index (χ1v) is 8.36. The number of piperidine rings is 1. The van der Waals surface area contributed by atoms with Gasteiger partial charge in [-0.3, -0.25) is 4.79 Å². The molecule has 0 spiro atoms. The number of hydrogen-bond acceptors (Lipinski definition) is 6. The number of carboxylic acids is 1. The number of anilines is 1. The molecule has 3 rings (SSSR count). The van der Waals surface area contributed by atoms with Gasteiger partial charge in [-0.25, -0.2) is 9.78 Å². The van der Waals surface area contributed by atoms with Gasteiger partial charge in [0.15, 0.2) is 5.13 Å². The van der Waals surface area contributed by atoms with Gasteiger partial charge in [0, 0.05) is 31.3 Å². The minimum Gasteiger partial charge on any atom is -0.478 e. The summed E-state index contributed by atoms with van der Waals surface area (Å²) in [5.41, 5.74) is 4.19. The molecule has 1 amide bonds. The minimum absolute atomic E-state index is 0.227. The van der Waals surface area contributed by atoms with Crippen LogP contribution in [0.25, 0.3) is 0 Å². The number of carboxylic acid groups (broad SMARTS) is 1. The van der Waals surface area contributed by atoms with Crippen LogP contribution >= 0.6 is 11.3 Å². The highest BCUT2D eigenvalue weighted by atomic mass is 32.1. The summed E-state index contributed by atoms with van der Waals surface area (Å²) in [4.78, 5) is 29.1. The number of carbonyl (C=O) groups is 2. The van der Waals surface area contributed by atoms with E-state index in [9.17, 15) is 14.7 Å². The fourth-order valence-electron chi connectivity index (χ4n) is 2.66. The zero-order valence-electron chi connectivity index (χ0n) is 12.8. The molecule has 2 heterocycles. The molecule has 0 bridgehead atoms. The van der Waals surface area contributed by atoms with Crippen LogP contribution in [0.5, 0.6) is 5.75 Å². The Morgan fingerprint density at radius 2 is 1.92 bits per heavy atom. The molecule has 7 nitrogen and oxygen atoms in total. The molecular weight excluding hydrogens is 330 g/mol. The van der Waals surface area contributed by atoms with Crippen LogP contribution < -0.4 is 15.4 Å². The summed E-state index contributed by atoms with van der Waals surface area (Å²) < 4.78 is 5.81.